The molecule has 0 atom stereocenters. The first-order chi connectivity index (χ1) is 7.77. The van der Waals surface area contributed by atoms with Crippen LogP contribution in [0.2, 0.25) is 0 Å². The Hall–Kier alpha value is -2.37. The second kappa shape index (κ2) is 3.06. The van der Waals surface area contributed by atoms with Crippen molar-refractivity contribution in [1.82, 2.24) is 25.0 Å². The Morgan fingerprint density at radius 1 is 1.38 bits per heavy atom. The molecule has 0 saturated carbocycles. The number of H-pyrrole nitrogens is 2. The molecule has 3 rings (SSSR count). The van der Waals surface area contributed by atoms with Gasteiger partial charge in [-0.1, -0.05) is 12.1 Å². The van der Waals surface area contributed by atoms with Crippen molar-refractivity contribution < 1.29 is 0 Å². The zero-order valence-electron chi connectivity index (χ0n) is 8.56. The molecular weight excluding hydrogens is 206 g/mol. The molecule has 6 nitrogen and oxygen atoms in total. The molecule has 0 unspecified atom stereocenters. The second-order valence-corrected chi connectivity index (χ2v) is 3.56. The number of rotatable bonds is 1. The lowest BCUT2D eigenvalue weighted by molar-refractivity contribution is 0.931. The number of aryl methyl sites for hydroxylation is 1. The molecule has 2 heterocycles. The van der Waals surface area contributed by atoms with Crippen LogP contribution in [0.3, 0.4) is 0 Å². The number of aromatic amines is 2. The van der Waals surface area contributed by atoms with Gasteiger partial charge in [0.25, 0.3) is 5.56 Å². The van der Waals surface area contributed by atoms with Crippen LogP contribution in [-0.2, 0) is 7.05 Å². The van der Waals surface area contributed by atoms with E-state index in [0.717, 1.165) is 16.6 Å². The number of benzene rings is 1. The zero-order chi connectivity index (χ0) is 11.1. The summed E-state index contributed by atoms with van der Waals surface area (Å²) in [4.78, 5) is 15.8. The summed E-state index contributed by atoms with van der Waals surface area (Å²) < 4.78 is 1.90. The number of aromatic nitrogens is 5. The first kappa shape index (κ1) is 8.90. The Morgan fingerprint density at radius 2 is 2.25 bits per heavy atom. The van der Waals surface area contributed by atoms with E-state index in [-0.39, 0.29) is 5.56 Å². The number of fused-ring (bicyclic) bond motifs is 1. The van der Waals surface area contributed by atoms with Crippen LogP contribution in [0.15, 0.2) is 29.3 Å². The fraction of sp³-hybridized carbons (Fsp3) is 0.100. The van der Waals surface area contributed by atoms with Crippen molar-refractivity contribution in [1.29, 1.82) is 0 Å². The van der Waals surface area contributed by atoms with Gasteiger partial charge in [-0.3, -0.25) is 4.79 Å². The normalized spacial score (nSPS) is 11.1. The van der Waals surface area contributed by atoms with Gasteiger partial charge in [-0.15, -0.1) is 0 Å². The van der Waals surface area contributed by atoms with Crippen LogP contribution >= 0.6 is 0 Å². The monoisotopic (exact) mass is 215 g/mol. The molecule has 0 aliphatic rings. The third-order valence-corrected chi connectivity index (χ3v) is 2.56. The highest BCUT2D eigenvalue weighted by Gasteiger charge is 2.12. The third-order valence-electron chi connectivity index (χ3n) is 2.56. The fourth-order valence-corrected chi connectivity index (χ4v) is 1.78. The van der Waals surface area contributed by atoms with Crippen molar-refractivity contribution in [3.63, 3.8) is 0 Å². The maximum absolute atomic E-state index is 11.5. The molecule has 3 aromatic rings. The molecule has 0 saturated heterocycles. The largest absolute Gasteiger partial charge is 0.334 e. The average molecular weight is 215 g/mol. The van der Waals surface area contributed by atoms with Crippen LogP contribution < -0.4 is 5.56 Å². The summed E-state index contributed by atoms with van der Waals surface area (Å²) in [5.41, 5.74) is 2.62. The lowest BCUT2D eigenvalue weighted by Gasteiger charge is -1.97. The van der Waals surface area contributed by atoms with Crippen LogP contribution in [0.25, 0.3) is 22.3 Å². The molecule has 2 N–H and O–H groups in total. The van der Waals surface area contributed by atoms with E-state index < -0.39 is 0 Å². The van der Waals surface area contributed by atoms with Crippen molar-refractivity contribution >= 4 is 11.0 Å². The first-order valence-electron chi connectivity index (χ1n) is 4.81. The quantitative estimate of drug-likeness (QED) is 0.625. The Kier molecular flexibility index (Phi) is 1.70. The van der Waals surface area contributed by atoms with Crippen molar-refractivity contribution in [3.8, 4) is 11.3 Å². The maximum Gasteiger partial charge on any atom is 0.292 e. The lowest BCUT2D eigenvalue weighted by atomic mass is 10.1. The summed E-state index contributed by atoms with van der Waals surface area (Å²) >= 11 is 0. The Morgan fingerprint density at radius 3 is 3.00 bits per heavy atom. The molecule has 0 spiro atoms. The number of hydrogen-bond donors (Lipinski definition) is 2. The van der Waals surface area contributed by atoms with Gasteiger partial charge >= 0.3 is 0 Å². The number of para-hydroxylation sites is 1. The van der Waals surface area contributed by atoms with E-state index in [9.17, 15) is 4.79 Å². The molecule has 16 heavy (non-hydrogen) atoms. The van der Waals surface area contributed by atoms with Crippen LogP contribution in [-0.4, -0.2) is 25.0 Å². The number of hydrogen-bond acceptors (Lipinski definition) is 3. The van der Waals surface area contributed by atoms with E-state index in [1.807, 2.05) is 29.8 Å². The van der Waals surface area contributed by atoms with Gasteiger partial charge in [-0.25, -0.2) is 15.3 Å². The van der Waals surface area contributed by atoms with E-state index in [2.05, 4.69) is 20.4 Å². The Balaban J connectivity index is 2.41. The summed E-state index contributed by atoms with van der Waals surface area (Å²) in [6.07, 6.45) is 1.72. The highest BCUT2D eigenvalue weighted by molar-refractivity contribution is 5.90. The van der Waals surface area contributed by atoms with Crippen molar-refractivity contribution in [2.24, 2.45) is 7.05 Å². The van der Waals surface area contributed by atoms with E-state index in [4.69, 9.17) is 0 Å². The molecule has 2 aromatic heterocycles. The van der Waals surface area contributed by atoms with Crippen LogP contribution in [0.1, 0.15) is 0 Å². The predicted molar refractivity (Wildman–Crippen MR) is 58.9 cm³/mol. The fourth-order valence-electron chi connectivity index (χ4n) is 1.78. The summed E-state index contributed by atoms with van der Waals surface area (Å²) in [7, 11) is 1.91. The van der Waals surface area contributed by atoms with Crippen molar-refractivity contribution in [2.45, 2.75) is 0 Å². The molecule has 0 aliphatic carbocycles. The minimum Gasteiger partial charge on any atom is -0.334 e. The molecule has 0 bridgehead atoms. The molecular formula is C10H9N5O. The zero-order valence-corrected chi connectivity index (χ0v) is 8.56. The Bertz CT molecular complexity index is 705. The molecule has 6 heteroatoms. The van der Waals surface area contributed by atoms with Gasteiger partial charge in [0.05, 0.1) is 17.4 Å². The average Bonchev–Trinajstić information content (AvgIpc) is 2.86. The molecule has 0 aliphatic heterocycles. The minimum atomic E-state index is -0.238. The highest BCUT2D eigenvalue weighted by Crippen LogP contribution is 2.22. The molecule has 0 amide bonds. The van der Waals surface area contributed by atoms with Crippen LogP contribution in [0.5, 0.6) is 0 Å². The molecule has 1 aromatic carbocycles. The number of nitrogens with one attached hydrogen (secondary N) is 2. The molecule has 0 radical (unpaired) electrons. The summed E-state index contributed by atoms with van der Waals surface area (Å²) in [5.74, 6) is 0. The SMILES string of the molecule is Cn1cnc2c(-c3n[nH][nH]c3=O)cccc21. The first-order valence-corrected chi connectivity index (χ1v) is 4.81. The van der Waals surface area contributed by atoms with Crippen LogP contribution in [0.4, 0.5) is 0 Å². The lowest BCUT2D eigenvalue weighted by Crippen LogP contribution is -2.02. The standard InChI is InChI=1S/C10H9N5O/c1-15-5-11-8-6(3-2-4-7(8)15)9-10(16)13-14-12-9/h2-5H,1H3,(H2,12,13,14,16). The van der Waals surface area contributed by atoms with E-state index in [1.165, 1.54) is 0 Å². The van der Waals surface area contributed by atoms with Crippen molar-refractivity contribution in [3.05, 3.63) is 34.9 Å². The molecule has 0 fully saturated rings. The van der Waals surface area contributed by atoms with Crippen molar-refractivity contribution in [2.75, 3.05) is 0 Å². The topological polar surface area (TPSA) is 79.4 Å². The van der Waals surface area contributed by atoms with Gasteiger partial charge in [-0.2, -0.15) is 5.10 Å². The van der Waals surface area contributed by atoms with Crippen LogP contribution in [0, 0.1) is 0 Å². The van der Waals surface area contributed by atoms with Gasteiger partial charge in [0, 0.05) is 12.6 Å². The predicted octanol–water partition coefficient (Wildman–Crippen LogP) is 0.652. The number of nitrogens with zero attached hydrogens (tertiary/aromatic N) is 3. The van der Waals surface area contributed by atoms with Gasteiger partial charge in [0.15, 0.2) is 5.69 Å². The minimum absolute atomic E-state index is 0.238. The van der Waals surface area contributed by atoms with Gasteiger partial charge in [0.1, 0.15) is 0 Å². The van der Waals surface area contributed by atoms with Gasteiger partial charge < -0.3 is 4.57 Å². The highest BCUT2D eigenvalue weighted by atomic mass is 16.1. The second-order valence-electron chi connectivity index (χ2n) is 3.56. The van der Waals surface area contributed by atoms with E-state index in [1.54, 1.807) is 6.33 Å². The smallest absolute Gasteiger partial charge is 0.292 e. The van der Waals surface area contributed by atoms with E-state index in [0.29, 0.717) is 5.69 Å². The summed E-state index contributed by atoms with van der Waals surface area (Å²) in [6, 6.07) is 5.67. The maximum atomic E-state index is 11.5. The molecule has 80 valence electrons. The summed E-state index contributed by atoms with van der Waals surface area (Å²) in [6.45, 7) is 0. The van der Waals surface area contributed by atoms with E-state index >= 15 is 0 Å². The third kappa shape index (κ3) is 1.10. The Labute approximate surface area is 89.9 Å². The van der Waals surface area contributed by atoms with Gasteiger partial charge in [-0.05, 0) is 6.07 Å². The van der Waals surface area contributed by atoms with Gasteiger partial charge in [0.2, 0.25) is 0 Å². The number of imidazole rings is 1. The summed E-state index contributed by atoms with van der Waals surface area (Å²) in [5, 5.41) is 8.76.